The second-order valence-corrected chi connectivity index (χ2v) is 6.16. The fourth-order valence-electron chi connectivity index (χ4n) is 2.79. The molecule has 10 nitrogen and oxygen atoms in total. The van der Waals surface area contributed by atoms with Gasteiger partial charge in [-0.25, -0.2) is 9.97 Å². The summed E-state index contributed by atoms with van der Waals surface area (Å²) in [6, 6.07) is 14.8. The Kier molecular flexibility index (Phi) is 6.83. The number of hydrogen-bond donors (Lipinski definition) is 3. The molecule has 0 bridgehead atoms. The molecule has 0 saturated heterocycles. The summed E-state index contributed by atoms with van der Waals surface area (Å²) in [4.78, 5) is 19.1. The van der Waals surface area contributed by atoms with E-state index < -0.39 is 4.92 Å². The molecule has 1 aromatic heterocycles. The average molecular weight is 410 g/mol. The molecule has 30 heavy (non-hydrogen) atoms. The lowest BCUT2D eigenvalue weighted by atomic mass is 10.1. The molecular formula is C20H22N6O4. The first-order chi connectivity index (χ1) is 14.6. The van der Waals surface area contributed by atoms with Crippen molar-refractivity contribution >= 4 is 23.0 Å². The van der Waals surface area contributed by atoms with Crippen LogP contribution in [0.15, 0.2) is 54.9 Å². The Morgan fingerprint density at radius 3 is 2.40 bits per heavy atom. The standard InChI is InChI=1S/C20H22N6O4/c1-29-16-9-8-14(12-17(16)30-2)10-11-21-19-18(26(27)28)20(23-13-22-19)25-24-15-6-4-3-5-7-15/h3-9,12-13,24H,10-11H2,1-2H3,(H2,21,22,23,25). The number of methoxy groups -OCH3 is 2. The zero-order valence-corrected chi connectivity index (χ0v) is 16.6. The van der Waals surface area contributed by atoms with Crippen molar-refractivity contribution in [1.82, 2.24) is 9.97 Å². The topological polar surface area (TPSA) is 123 Å². The lowest BCUT2D eigenvalue weighted by molar-refractivity contribution is -0.383. The van der Waals surface area contributed by atoms with Gasteiger partial charge in [0.2, 0.25) is 11.6 Å². The van der Waals surface area contributed by atoms with E-state index in [2.05, 4.69) is 26.1 Å². The Morgan fingerprint density at radius 2 is 1.70 bits per heavy atom. The Labute approximate surface area is 173 Å². The first-order valence-corrected chi connectivity index (χ1v) is 9.13. The molecule has 3 aromatic rings. The van der Waals surface area contributed by atoms with E-state index in [9.17, 15) is 10.1 Å². The molecule has 0 aliphatic rings. The molecule has 0 aliphatic heterocycles. The van der Waals surface area contributed by atoms with Gasteiger partial charge in [-0.15, -0.1) is 0 Å². The van der Waals surface area contributed by atoms with E-state index in [4.69, 9.17) is 9.47 Å². The Bertz CT molecular complexity index is 1000. The largest absolute Gasteiger partial charge is 0.493 e. The molecular weight excluding hydrogens is 388 g/mol. The van der Waals surface area contributed by atoms with Gasteiger partial charge in [0.05, 0.1) is 24.8 Å². The zero-order valence-electron chi connectivity index (χ0n) is 16.6. The van der Waals surface area contributed by atoms with E-state index in [1.54, 1.807) is 14.2 Å². The van der Waals surface area contributed by atoms with Crippen molar-refractivity contribution in [2.24, 2.45) is 0 Å². The Morgan fingerprint density at radius 1 is 0.967 bits per heavy atom. The number of hydrogen-bond acceptors (Lipinski definition) is 9. The third-order valence-electron chi connectivity index (χ3n) is 4.26. The normalized spacial score (nSPS) is 10.2. The molecule has 3 rings (SSSR count). The van der Waals surface area contributed by atoms with E-state index in [0.29, 0.717) is 24.5 Å². The van der Waals surface area contributed by atoms with Crippen molar-refractivity contribution in [2.75, 3.05) is 36.9 Å². The van der Waals surface area contributed by atoms with E-state index in [1.807, 2.05) is 48.5 Å². The van der Waals surface area contributed by atoms with E-state index in [1.165, 1.54) is 6.33 Å². The summed E-state index contributed by atoms with van der Waals surface area (Å²) in [5.74, 6) is 1.46. The number of nitrogens with one attached hydrogen (secondary N) is 3. The van der Waals surface area contributed by atoms with Crippen LogP contribution in [0.4, 0.5) is 23.0 Å². The maximum Gasteiger partial charge on any atom is 0.354 e. The minimum absolute atomic E-state index is 0.0625. The van der Waals surface area contributed by atoms with Gasteiger partial charge in [0.15, 0.2) is 11.5 Å². The van der Waals surface area contributed by atoms with Crippen molar-refractivity contribution in [2.45, 2.75) is 6.42 Å². The SMILES string of the molecule is COc1ccc(CCNc2ncnc(NNc3ccccc3)c2[N+](=O)[O-])cc1OC. The highest BCUT2D eigenvalue weighted by molar-refractivity contribution is 5.70. The number of nitrogens with zero attached hydrogens (tertiary/aromatic N) is 3. The molecule has 156 valence electrons. The lowest BCUT2D eigenvalue weighted by Gasteiger charge is -2.12. The van der Waals surface area contributed by atoms with E-state index >= 15 is 0 Å². The smallest absolute Gasteiger partial charge is 0.354 e. The van der Waals surface area contributed by atoms with Crippen molar-refractivity contribution in [3.05, 3.63) is 70.5 Å². The molecule has 0 atom stereocenters. The number of benzene rings is 2. The zero-order chi connectivity index (χ0) is 21.3. The highest BCUT2D eigenvalue weighted by atomic mass is 16.6. The van der Waals surface area contributed by atoms with Crippen LogP contribution in [0.3, 0.4) is 0 Å². The quantitative estimate of drug-likeness (QED) is 0.340. The van der Waals surface area contributed by atoms with E-state index in [-0.39, 0.29) is 17.3 Å². The summed E-state index contributed by atoms with van der Waals surface area (Å²) in [6.45, 7) is 0.429. The van der Waals surface area contributed by atoms with E-state index in [0.717, 1.165) is 11.3 Å². The van der Waals surface area contributed by atoms with Crippen molar-refractivity contribution in [1.29, 1.82) is 0 Å². The minimum atomic E-state index is -0.520. The number of rotatable bonds is 10. The maximum absolute atomic E-state index is 11.6. The maximum atomic E-state index is 11.6. The van der Waals surface area contributed by atoms with Crippen molar-refractivity contribution in [3.63, 3.8) is 0 Å². The summed E-state index contributed by atoms with van der Waals surface area (Å²) < 4.78 is 10.5. The third kappa shape index (κ3) is 5.04. The predicted molar refractivity (Wildman–Crippen MR) is 114 cm³/mol. The number of aromatic nitrogens is 2. The monoisotopic (exact) mass is 410 g/mol. The molecule has 0 amide bonds. The van der Waals surface area contributed by atoms with Gasteiger partial charge in [-0.3, -0.25) is 21.0 Å². The fourth-order valence-corrected chi connectivity index (χ4v) is 2.79. The molecule has 0 spiro atoms. The summed E-state index contributed by atoms with van der Waals surface area (Å²) in [7, 11) is 3.15. The highest BCUT2D eigenvalue weighted by Gasteiger charge is 2.22. The van der Waals surface area contributed by atoms with Gasteiger partial charge >= 0.3 is 5.69 Å². The molecule has 0 radical (unpaired) electrons. The average Bonchev–Trinajstić information content (AvgIpc) is 2.78. The fraction of sp³-hybridized carbons (Fsp3) is 0.200. The molecule has 0 saturated carbocycles. The van der Waals surface area contributed by atoms with Gasteiger partial charge in [-0.2, -0.15) is 0 Å². The molecule has 3 N–H and O–H groups in total. The summed E-state index contributed by atoms with van der Waals surface area (Å²) in [5.41, 5.74) is 7.15. The van der Waals surface area contributed by atoms with Crippen LogP contribution in [0.2, 0.25) is 0 Å². The molecule has 0 aliphatic carbocycles. The molecule has 10 heteroatoms. The predicted octanol–water partition coefficient (Wildman–Crippen LogP) is 3.50. The molecule has 2 aromatic carbocycles. The van der Waals surface area contributed by atoms with Crippen LogP contribution < -0.4 is 25.6 Å². The van der Waals surface area contributed by atoms with Gasteiger partial charge in [-0.1, -0.05) is 24.3 Å². The molecule has 0 fully saturated rings. The van der Waals surface area contributed by atoms with Gasteiger partial charge in [0.25, 0.3) is 0 Å². The van der Waals surface area contributed by atoms with Crippen LogP contribution in [-0.4, -0.2) is 35.7 Å². The number of hydrazine groups is 1. The second-order valence-electron chi connectivity index (χ2n) is 6.16. The van der Waals surface area contributed by atoms with Gasteiger partial charge < -0.3 is 14.8 Å². The van der Waals surface area contributed by atoms with Crippen molar-refractivity contribution in [3.8, 4) is 11.5 Å². The molecule has 1 heterocycles. The third-order valence-corrected chi connectivity index (χ3v) is 4.26. The van der Waals surface area contributed by atoms with Gasteiger partial charge in [-0.05, 0) is 36.2 Å². The Hall–Kier alpha value is -4.08. The number of para-hydroxylation sites is 1. The number of anilines is 3. The van der Waals surface area contributed by atoms with Crippen LogP contribution in [0.5, 0.6) is 11.5 Å². The Balaban J connectivity index is 1.69. The van der Waals surface area contributed by atoms with Gasteiger partial charge in [0.1, 0.15) is 6.33 Å². The summed E-state index contributed by atoms with van der Waals surface area (Å²) in [6.07, 6.45) is 1.87. The van der Waals surface area contributed by atoms with Gasteiger partial charge in [0, 0.05) is 6.54 Å². The lowest BCUT2D eigenvalue weighted by Crippen LogP contribution is -2.15. The minimum Gasteiger partial charge on any atom is -0.493 e. The molecule has 0 unspecified atom stereocenters. The van der Waals surface area contributed by atoms with Crippen LogP contribution in [0, 0.1) is 10.1 Å². The van der Waals surface area contributed by atoms with Crippen LogP contribution in [-0.2, 0) is 6.42 Å². The summed E-state index contributed by atoms with van der Waals surface area (Å²) >= 11 is 0. The number of nitro groups is 1. The van der Waals surface area contributed by atoms with Crippen molar-refractivity contribution < 1.29 is 14.4 Å². The number of ether oxygens (including phenoxy) is 2. The first-order valence-electron chi connectivity index (χ1n) is 9.13. The highest BCUT2D eigenvalue weighted by Crippen LogP contribution is 2.30. The van der Waals surface area contributed by atoms with Crippen LogP contribution in [0.1, 0.15) is 5.56 Å². The first kappa shape index (κ1) is 20.6. The second kappa shape index (κ2) is 9.92. The summed E-state index contributed by atoms with van der Waals surface area (Å²) in [5, 5.41) is 14.6. The van der Waals surface area contributed by atoms with Crippen LogP contribution in [0.25, 0.3) is 0 Å². The van der Waals surface area contributed by atoms with Crippen LogP contribution >= 0.6 is 0 Å².